The van der Waals surface area contributed by atoms with Crippen molar-refractivity contribution >= 4 is 35.1 Å². The SMILES string of the molecule is CC1(C)NC(C2(C)NNC(=N[C@H]3N=C(c4ccccc4)c4ccccc4NC3=O)O2)=CS1. The smallest absolute Gasteiger partial charge is 0.304 e. The van der Waals surface area contributed by atoms with Crippen molar-refractivity contribution in [3.63, 3.8) is 0 Å². The van der Waals surface area contributed by atoms with Gasteiger partial charge in [0.05, 0.1) is 22.0 Å². The Morgan fingerprint density at radius 1 is 1.06 bits per heavy atom. The number of ether oxygens (including phenoxy) is 1. The van der Waals surface area contributed by atoms with Gasteiger partial charge in [-0.05, 0) is 32.2 Å². The quantitative estimate of drug-likeness (QED) is 0.576. The summed E-state index contributed by atoms with van der Waals surface area (Å²) in [6.07, 6.45) is -1.01. The molecule has 0 saturated carbocycles. The lowest BCUT2D eigenvalue weighted by molar-refractivity contribution is -0.117. The first-order valence-corrected chi connectivity index (χ1v) is 11.2. The summed E-state index contributed by atoms with van der Waals surface area (Å²) in [4.78, 5) is 22.1. The summed E-state index contributed by atoms with van der Waals surface area (Å²) in [5.74, 6) is -0.329. The summed E-state index contributed by atoms with van der Waals surface area (Å²) in [6, 6.07) is 17.6. The lowest BCUT2D eigenvalue weighted by Crippen LogP contribution is -2.49. The minimum Gasteiger partial charge on any atom is -0.435 e. The molecule has 3 heterocycles. The average molecular weight is 449 g/mol. The zero-order chi connectivity index (χ0) is 22.3. The van der Waals surface area contributed by atoms with Gasteiger partial charge >= 0.3 is 6.02 Å². The van der Waals surface area contributed by atoms with E-state index in [-0.39, 0.29) is 16.8 Å². The van der Waals surface area contributed by atoms with Crippen LogP contribution in [0.3, 0.4) is 0 Å². The molecule has 1 fully saturated rings. The number of nitrogens with one attached hydrogen (secondary N) is 4. The van der Waals surface area contributed by atoms with Crippen LogP contribution in [0.1, 0.15) is 31.9 Å². The molecular weight excluding hydrogens is 424 g/mol. The fraction of sp³-hybridized carbons (Fsp3) is 0.261. The third kappa shape index (κ3) is 3.85. The third-order valence-corrected chi connectivity index (χ3v) is 6.39. The maximum atomic E-state index is 13.0. The lowest BCUT2D eigenvalue weighted by atomic mass is 10.0. The predicted molar refractivity (Wildman–Crippen MR) is 127 cm³/mol. The van der Waals surface area contributed by atoms with Gasteiger partial charge in [-0.3, -0.25) is 10.2 Å². The second-order valence-electron chi connectivity index (χ2n) is 8.36. The zero-order valence-electron chi connectivity index (χ0n) is 18.0. The summed E-state index contributed by atoms with van der Waals surface area (Å²) in [5.41, 5.74) is 9.26. The van der Waals surface area contributed by atoms with E-state index in [1.54, 1.807) is 11.8 Å². The Hall–Kier alpha value is -3.30. The van der Waals surface area contributed by atoms with Crippen molar-refractivity contribution in [1.82, 2.24) is 16.2 Å². The molecule has 0 aromatic heterocycles. The Morgan fingerprint density at radius 2 is 1.81 bits per heavy atom. The number of carbonyl (C=O) groups excluding carboxylic acids is 1. The molecule has 0 bridgehead atoms. The highest BCUT2D eigenvalue weighted by Gasteiger charge is 2.43. The Morgan fingerprint density at radius 3 is 2.56 bits per heavy atom. The van der Waals surface area contributed by atoms with E-state index in [9.17, 15) is 4.79 Å². The molecule has 0 spiro atoms. The number of thioether (sulfide) groups is 1. The van der Waals surface area contributed by atoms with Crippen molar-refractivity contribution in [2.45, 2.75) is 37.5 Å². The highest BCUT2D eigenvalue weighted by Crippen LogP contribution is 2.36. The van der Waals surface area contributed by atoms with Gasteiger partial charge in [0.1, 0.15) is 0 Å². The van der Waals surface area contributed by atoms with Crippen molar-refractivity contribution in [3.8, 4) is 0 Å². The number of aliphatic imine (C=N–C) groups is 2. The van der Waals surface area contributed by atoms with Gasteiger partial charge in [0.25, 0.3) is 5.91 Å². The number of hydrogen-bond acceptors (Lipinski definition) is 7. The molecule has 1 amide bonds. The van der Waals surface area contributed by atoms with E-state index in [4.69, 9.17) is 9.73 Å². The van der Waals surface area contributed by atoms with Crippen LogP contribution in [0.15, 0.2) is 75.7 Å². The van der Waals surface area contributed by atoms with Gasteiger partial charge < -0.3 is 15.4 Å². The van der Waals surface area contributed by atoms with Crippen LogP contribution in [0.4, 0.5) is 5.69 Å². The maximum absolute atomic E-state index is 13.0. The number of benzodiazepines with no additional fused rings is 1. The molecule has 2 aromatic rings. The molecule has 2 aromatic carbocycles. The number of nitrogens with zero attached hydrogens (tertiary/aromatic N) is 2. The minimum atomic E-state index is -1.01. The molecule has 4 N–H and O–H groups in total. The molecule has 5 rings (SSSR count). The van der Waals surface area contributed by atoms with Crippen LogP contribution in [0.25, 0.3) is 0 Å². The van der Waals surface area contributed by atoms with Gasteiger partial charge in [-0.15, -0.1) is 11.8 Å². The zero-order valence-corrected chi connectivity index (χ0v) is 18.8. The van der Waals surface area contributed by atoms with Crippen LogP contribution >= 0.6 is 11.8 Å². The fourth-order valence-corrected chi connectivity index (χ4v) is 4.56. The summed E-state index contributed by atoms with van der Waals surface area (Å²) >= 11 is 1.68. The van der Waals surface area contributed by atoms with Crippen LogP contribution in [0.2, 0.25) is 0 Å². The van der Waals surface area contributed by atoms with E-state index in [2.05, 4.69) is 40.3 Å². The lowest BCUT2D eigenvalue weighted by Gasteiger charge is -2.27. The highest BCUT2D eigenvalue weighted by molar-refractivity contribution is 8.03. The number of amides is 1. The summed E-state index contributed by atoms with van der Waals surface area (Å²) < 4.78 is 6.07. The van der Waals surface area contributed by atoms with Crippen LogP contribution in [0.5, 0.6) is 0 Å². The Balaban J connectivity index is 1.47. The number of rotatable bonds is 3. The van der Waals surface area contributed by atoms with E-state index in [1.807, 2.05) is 66.9 Å². The van der Waals surface area contributed by atoms with Crippen molar-refractivity contribution in [2.24, 2.45) is 9.98 Å². The van der Waals surface area contributed by atoms with Crippen LogP contribution in [-0.2, 0) is 9.53 Å². The second kappa shape index (κ2) is 7.68. The Bertz CT molecular complexity index is 1160. The third-order valence-electron chi connectivity index (χ3n) is 5.34. The van der Waals surface area contributed by atoms with E-state index in [1.165, 1.54) is 0 Å². The molecule has 164 valence electrons. The van der Waals surface area contributed by atoms with Gasteiger partial charge in [0, 0.05) is 11.1 Å². The van der Waals surface area contributed by atoms with Crippen molar-refractivity contribution in [2.75, 3.05) is 5.32 Å². The van der Waals surface area contributed by atoms with Gasteiger partial charge in [-0.25, -0.2) is 4.99 Å². The second-order valence-corrected chi connectivity index (χ2v) is 9.85. The number of fused-ring (bicyclic) bond motifs is 1. The molecule has 8 nitrogen and oxygen atoms in total. The normalized spacial score (nSPS) is 27.3. The first-order valence-electron chi connectivity index (χ1n) is 10.3. The van der Waals surface area contributed by atoms with Crippen LogP contribution in [0, 0.1) is 0 Å². The summed E-state index contributed by atoms with van der Waals surface area (Å²) in [6.45, 7) is 6.08. The van der Waals surface area contributed by atoms with Crippen LogP contribution in [-0.4, -0.2) is 34.4 Å². The van der Waals surface area contributed by atoms with E-state index >= 15 is 0 Å². The molecule has 32 heavy (non-hydrogen) atoms. The first kappa shape index (κ1) is 20.6. The summed E-state index contributed by atoms with van der Waals surface area (Å²) in [5, 5.41) is 8.40. The molecule has 3 aliphatic heterocycles. The van der Waals surface area contributed by atoms with E-state index < -0.39 is 11.9 Å². The maximum Gasteiger partial charge on any atom is 0.304 e. The standard InChI is InChI=1S/C23H24N6O2S/c1-22(2)27-17(13-32-22)23(3)29-28-21(31-23)26-19-20(30)24-16-12-8-7-11-15(16)18(25-19)14-9-5-4-6-10-14/h4-13,19,27,29H,1-3H3,(H,24,30)(H,26,28)/t19-,23?/m1/s1. The topological polar surface area (TPSA) is 99.1 Å². The number of carbonyl (C=O) groups is 1. The molecular formula is C23H24N6O2S. The van der Waals surface area contributed by atoms with Crippen molar-refractivity contribution in [3.05, 3.63) is 76.8 Å². The Labute approximate surface area is 190 Å². The number of benzene rings is 2. The van der Waals surface area contributed by atoms with Gasteiger partial charge in [0.15, 0.2) is 0 Å². The van der Waals surface area contributed by atoms with E-state index in [0.29, 0.717) is 11.4 Å². The molecule has 1 saturated heterocycles. The van der Waals surface area contributed by atoms with Crippen LogP contribution < -0.4 is 21.5 Å². The first-order chi connectivity index (χ1) is 15.3. The van der Waals surface area contributed by atoms with Crippen molar-refractivity contribution in [1.29, 1.82) is 0 Å². The summed E-state index contributed by atoms with van der Waals surface area (Å²) in [7, 11) is 0. The average Bonchev–Trinajstić information content (AvgIpc) is 3.31. The molecule has 0 aliphatic carbocycles. The fourth-order valence-electron chi connectivity index (χ4n) is 3.69. The number of para-hydroxylation sites is 1. The number of amidine groups is 1. The van der Waals surface area contributed by atoms with Crippen molar-refractivity contribution < 1.29 is 9.53 Å². The molecule has 0 radical (unpaired) electrons. The molecule has 3 aliphatic rings. The van der Waals surface area contributed by atoms with Gasteiger partial charge in [-0.2, -0.15) is 10.4 Å². The number of hydrogen-bond donors (Lipinski definition) is 4. The molecule has 2 atom stereocenters. The highest BCUT2D eigenvalue weighted by atomic mass is 32.2. The molecule has 9 heteroatoms. The van der Waals surface area contributed by atoms with Gasteiger partial charge in [0.2, 0.25) is 11.9 Å². The van der Waals surface area contributed by atoms with Gasteiger partial charge in [-0.1, -0.05) is 48.5 Å². The predicted octanol–water partition coefficient (Wildman–Crippen LogP) is 2.91. The number of hydrazine groups is 1. The minimum absolute atomic E-state index is 0.120. The monoisotopic (exact) mass is 448 g/mol. The van der Waals surface area contributed by atoms with E-state index in [0.717, 1.165) is 16.8 Å². The molecule has 1 unspecified atom stereocenters. The Kier molecular flexibility index (Phi) is 4.94. The largest absolute Gasteiger partial charge is 0.435 e. The number of anilines is 1.